The maximum absolute atomic E-state index is 5.72. The first kappa shape index (κ1) is 16.2. The van der Waals surface area contributed by atoms with Crippen LogP contribution in [0.1, 0.15) is 45.6 Å². The summed E-state index contributed by atoms with van der Waals surface area (Å²) in [7, 11) is 0. The lowest BCUT2D eigenvalue weighted by molar-refractivity contribution is 0.210. The summed E-state index contributed by atoms with van der Waals surface area (Å²) in [6, 6.07) is 10.6. The Morgan fingerprint density at radius 1 is 1.11 bits per heavy atom. The first-order valence-corrected chi connectivity index (χ1v) is 7.48. The summed E-state index contributed by atoms with van der Waals surface area (Å²) in [5.41, 5.74) is 7.45. The Hall–Kier alpha value is -0.860. The molecule has 3 N–H and O–H groups in total. The van der Waals surface area contributed by atoms with E-state index in [2.05, 4.69) is 56.4 Å². The van der Waals surface area contributed by atoms with E-state index in [1.807, 2.05) is 0 Å². The third kappa shape index (κ3) is 6.74. The van der Waals surface area contributed by atoms with Gasteiger partial charge in [0.25, 0.3) is 0 Å². The molecule has 108 valence electrons. The van der Waals surface area contributed by atoms with Gasteiger partial charge in [-0.25, -0.2) is 0 Å². The van der Waals surface area contributed by atoms with Crippen LogP contribution in [0.15, 0.2) is 30.3 Å². The lowest BCUT2D eigenvalue weighted by atomic mass is 9.76. The molecule has 0 saturated heterocycles. The highest BCUT2D eigenvalue weighted by atomic mass is 14.8. The zero-order valence-electron chi connectivity index (χ0n) is 12.8. The molecule has 0 saturated carbocycles. The maximum Gasteiger partial charge on any atom is 0.0205 e. The van der Waals surface area contributed by atoms with Gasteiger partial charge in [-0.15, -0.1) is 0 Å². The second-order valence-corrected chi connectivity index (χ2v) is 6.44. The molecule has 1 atom stereocenters. The highest BCUT2D eigenvalue weighted by molar-refractivity contribution is 5.14. The van der Waals surface area contributed by atoms with Crippen LogP contribution >= 0.6 is 0 Å². The first-order valence-electron chi connectivity index (χ1n) is 7.48. The van der Waals surface area contributed by atoms with E-state index in [1.54, 1.807) is 0 Å². The van der Waals surface area contributed by atoms with E-state index in [9.17, 15) is 0 Å². The van der Waals surface area contributed by atoms with Crippen LogP contribution in [0.2, 0.25) is 0 Å². The number of hydrogen-bond acceptors (Lipinski definition) is 2. The van der Waals surface area contributed by atoms with Crippen LogP contribution in [0.5, 0.6) is 0 Å². The molecule has 0 aromatic heterocycles. The van der Waals surface area contributed by atoms with Gasteiger partial charge in [-0.05, 0) is 49.2 Å². The van der Waals surface area contributed by atoms with Crippen LogP contribution in [0, 0.1) is 11.3 Å². The van der Waals surface area contributed by atoms with Crippen molar-refractivity contribution in [3.63, 3.8) is 0 Å². The highest BCUT2D eigenvalue weighted by Gasteiger charge is 2.22. The van der Waals surface area contributed by atoms with Crippen LogP contribution in [-0.4, -0.2) is 13.1 Å². The number of rotatable bonds is 8. The van der Waals surface area contributed by atoms with E-state index >= 15 is 0 Å². The van der Waals surface area contributed by atoms with Gasteiger partial charge >= 0.3 is 0 Å². The smallest absolute Gasteiger partial charge is 0.0205 e. The molecule has 0 fully saturated rings. The van der Waals surface area contributed by atoms with E-state index in [-0.39, 0.29) is 0 Å². The van der Waals surface area contributed by atoms with Gasteiger partial charge in [0.1, 0.15) is 0 Å². The summed E-state index contributed by atoms with van der Waals surface area (Å²) in [6.45, 7) is 9.84. The van der Waals surface area contributed by atoms with Crippen molar-refractivity contribution in [1.29, 1.82) is 0 Å². The van der Waals surface area contributed by atoms with Crippen molar-refractivity contribution in [3.8, 4) is 0 Å². The lowest BCUT2D eigenvalue weighted by Crippen LogP contribution is -2.25. The largest absolute Gasteiger partial charge is 0.330 e. The Kier molecular flexibility index (Phi) is 7.11. The van der Waals surface area contributed by atoms with Gasteiger partial charge in [0, 0.05) is 6.54 Å². The Bertz CT molecular complexity index is 327. The molecule has 1 aromatic carbocycles. The van der Waals surface area contributed by atoms with Crippen molar-refractivity contribution in [1.82, 2.24) is 5.32 Å². The van der Waals surface area contributed by atoms with E-state index in [0.717, 1.165) is 32.0 Å². The molecular weight excluding hydrogens is 232 g/mol. The Balaban J connectivity index is 2.18. The molecule has 2 nitrogen and oxygen atoms in total. The minimum atomic E-state index is 0.374. The number of hydrogen-bond donors (Lipinski definition) is 2. The minimum absolute atomic E-state index is 0.374. The number of benzene rings is 1. The summed E-state index contributed by atoms with van der Waals surface area (Å²) < 4.78 is 0. The summed E-state index contributed by atoms with van der Waals surface area (Å²) in [6.07, 6.45) is 3.64. The molecule has 0 amide bonds. The van der Waals surface area contributed by atoms with Crippen LogP contribution in [0.25, 0.3) is 0 Å². The van der Waals surface area contributed by atoms with Crippen LogP contribution in [0.4, 0.5) is 0 Å². The highest BCUT2D eigenvalue weighted by Crippen LogP contribution is 2.31. The van der Waals surface area contributed by atoms with E-state index in [0.29, 0.717) is 5.41 Å². The summed E-state index contributed by atoms with van der Waals surface area (Å²) in [4.78, 5) is 0. The van der Waals surface area contributed by atoms with Crippen molar-refractivity contribution in [3.05, 3.63) is 35.9 Å². The fraction of sp³-hybridized carbons (Fsp3) is 0.647. The van der Waals surface area contributed by atoms with Crippen molar-refractivity contribution >= 4 is 0 Å². The summed E-state index contributed by atoms with van der Waals surface area (Å²) in [5.74, 6) is 0.732. The molecule has 0 aliphatic rings. The molecule has 19 heavy (non-hydrogen) atoms. The molecule has 1 aromatic rings. The Morgan fingerprint density at radius 3 is 2.37 bits per heavy atom. The maximum atomic E-state index is 5.72. The minimum Gasteiger partial charge on any atom is -0.330 e. The van der Waals surface area contributed by atoms with Gasteiger partial charge in [-0.1, -0.05) is 51.1 Å². The summed E-state index contributed by atoms with van der Waals surface area (Å²) >= 11 is 0. The van der Waals surface area contributed by atoms with E-state index < -0.39 is 0 Å². The molecule has 1 unspecified atom stereocenters. The normalized spacial score (nSPS) is 13.5. The van der Waals surface area contributed by atoms with Crippen LogP contribution in [0.3, 0.4) is 0 Å². The lowest BCUT2D eigenvalue weighted by Gasteiger charge is -2.30. The molecule has 0 radical (unpaired) electrons. The fourth-order valence-electron chi connectivity index (χ4n) is 2.51. The predicted molar refractivity (Wildman–Crippen MR) is 84.0 cm³/mol. The van der Waals surface area contributed by atoms with Gasteiger partial charge < -0.3 is 11.1 Å². The van der Waals surface area contributed by atoms with Crippen LogP contribution < -0.4 is 11.1 Å². The molecular formula is C17H30N2. The van der Waals surface area contributed by atoms with Crippen molar-refractivity contribution in [2.45, 2.75) is 46.6 Å². The van der Waals surface area contributed by atoms with E-state index in [4.69, 9.17) is 5.73 Å². The van der Waals surface area contributed by atoms with Crippen molar-refractivity contribution < 1.29 is 0 Å². The van der Waals surface area contributed by atoms with Gasteiger partial charge in [0.2, 0.25) is 0 Å². The number of nitrogens with one attached hydrogen (secondary N) is 1. The second-order valence-electron chi connectivity index (χ2n) is 6.44. The van der Waals surface area contributed by atoms with Crippen molar-refractivity contribution in [2.75, 3.05) is 13.1 Å². The summed E-state index contributed by atoms with van der Waals surface area (Å²) in [5, 5.41) is 3.52. The number of nitrogens with two attached hydrogens (primary N) is 1. The quantitative estimate of drug-likeness (QED) is 0.703. The third-order valence-electron chi connectivity index (χ3n) is 3.82. The van der Waals surface area contributed by atoms with Gasteiger partial charge in [-0.2, -0.15) is 0 Å². The van der Waals surface area contributed by atoms with Gasteiger partial charge in [-0.3, -0.25) is 0 Å². The first-order chi connectivity index (χ1) is 9.04. The molecule has 0 spiro atoms. The molecule has 0 bridgehead atoms. The zero-order valence-corrected chi connectivity index (χ0v) is 12.8. The molecule has 0 heterocycles. The van der Waals surface area contributed by atoms with Gasteiger partial charge in [0.05, 0.1) is 0 Å². The fourth-order valence-corrected chi connectivity index (χ4v) is 2.51. The topological polar surface area (TPSA) is 38.0 Å². The van der Waals surface area contributed by atoms with Crippen LogP contribution in [-0.2, 0) is 6.54 Å². The molecule has 0 aliphatic heterocycles. The second kappa shape index (κ2) is 8.34. The van der Waals surface area contributed by atoms with Gasteiger partial charge in [0.15, 0.2) is 0 Å². The van der Waals surface area contributed by atoms with E-state index in [1.165, 1.54) is 18.4 Å². The predicted octanol–water partition coefficient (Wildman–Crippen LogP) is 3.57. The molecule has 2 heteroatoms. The monoisotopic (exact) mass is 262 g/mol. The zero-order chi connectivity index (χ0) is 14.1. The Morgan fingerprint density at radius 2 is 1.79 bits per heavy atom. The molecule has 0 aliphatic carbocycles. The Labute approximate surface area is 118 Å². The third-order valence-corrected chi connectivity index (χ3v) is 3.82. The average molecular weight is 262 g/mol. The standard InChI is InChI=1S/C17H30N2/c1-17(2,3)16(11-12-18)10-7-13-19-14-15-8-5-4-6-9-15/h4-6,8-9,16,19H,7,10-14,18H2,1-3H3. The van der Waals surface area contributed by atoms with Crippen molar-refractivity contribution in [2.24, 2.45) is 17.1 Å². The SMILES string of the molecule is CC(C)(C)C(CCN)CCCNCc1ccccc1. The molecule has 1 rings (SSSR count). The average Bonchev–Trinajstić information content (AvgIpc) is 2.37.